The molecular formula is C11H8ClFN2. The lowest BCUT2D eigenvalue weighted by Crippen LogP contribution is -1.90. The summed E-state index contributed by atoms with van der Waals surface area (Å²) in [4.78, 5) is 3.87. The van der Waals surface area contributed by atoms with Gasteiger partial charge in [-0.3, -0.25) is 0 Å². The van der Waals surface area contributed by atoms with E-state index in [0.29, 0.717) is 10.8 Å². The van der Waals surface area contributed by atoms with Gasteiger partial charge in [0.05, 0.1) is 5.02 Å². The van der Waals surface area contributed by atoms with Crippen LogP contribution in [0.4, 0.5) is 10.2 Å². The molecule has 0 aliphatic rings. The maximum absolute atomic E-state index is 12.8. The molecule has 0 spiro atoms. The molecule has 1 aromatic carbocycles. The average Bonchev–Trinajstić information content (AvgIpc) is 2.17. The predicted octanol–water partition coefficient (Wildman–Crippen LogP) is 3.12. The molecule has 2 nitrogen and oxygen atoms in total. The summed E-state index contributed by atoms with van der Waals surface area (Å²) >= 11 is 5.92. The van der Waals surface area contributed by atoms with Crippen LogP contribution in [0.2, 0.25) is 5.02 Å². The lowest BCUT2D eigenvalue weighted by Gasteiger charge is -2.04. The van der Waals surface area contributed by atoms with Crippen LogP contribution in [0.15, 0.2) is 36.5 Å². The third kappa shape index (κ3) is 2.07. The van der Waals surface area contributed by atoms with Crippen LogP contribution < -0.4 is 5.73 Å². The summed E-state index contributed by atoms with van der Waals surface area (Å²) in [6.45, 7) is 0. The summed E-state index contributed by atoms with van der Waals surface area (Å²) in [7, 11) is 0. The van der Waals surface area contributed by atoms with Gasteiger partial charge in [0.15, 0.2) is 0 Å². The van der Waals surface area contributed by atoms with E-state index in [9.17, 15) is 4.39 Å². The van der Waals surface area contributed by atoms with Crippen molar-refractivity contribution >= 4 is 17.4 Å². The number of benzene rings is 1. The number of nitrogens with zero attached hydrogens (tertiary/aromatic N) is 1. The minimum Gasteiger partial charge on any atom is -0.384 e. The Morgan fingerprint density at radius 3 is 2.67 bits per heavy atom. The van der Waals surface area contributed by atoms with Gasteiger partial charge in [-0.2, -0.15) is 0 Å². The third-order valence-corrected chi connectivity index (χ3v) is 2.34. The Morgan fingerprint density at radius 2 is 2.00 bits per heavy atom. The van der Waals surface area contributed by atoms with Gasteiger partial charge >= 0.3 is 0 Å². The largest absolute Gasteiger partial charge is 0.384 e. The van der Waals surface area contributed by atoms with Crippen molar-refractivity contribution in [3.05, 3.63) is 47.4 Å². The summed E-state index contributed by atoms with van der Waals surface area (Å²) in [5, 5.41) is 0.362. The van der Waals surface area contributed by atoms with Crippen LogP contribution in [-0.4, -0.2) is 4.98 Å². The minimum absolute atomic E-state index is 0.356. The van der Waals surface area contributed by atoms with Gasteiger partial charge in [0.1, 0.15) is 11.6 Å². The molecule has 2 aromatic rings. The second kappa shape index (κ2) is 3.87. The third-order valence-electron chi connectivity index (χ3n) is 2.02. The first-order valence-corrected chi connectivity index (χ1v) is 4.71. The predicted molar refractivity (Wildman–Crippen MR) is 59.1 cm³/mol. The van der Waals surface area contributed by atoms with Crippen LogP contribution in [0.1, 0.15) is 0 Å². The fraction of sp³-hybridized carbons (Fsp3) is 0. The van der Waals surface area contributed by atoms with Gasteiger partial charge in [-0.1, -0.05) is 11.6 Å². The van der Waals surface area contributed by atoms with Crippen LogP contribution in [0, 0.1) is 5.82 Å². The van der Waals surface area contributed by atoms with Crippen molar-refractivity contribution in [2.45, 2.75) is 0 Å². The fourth-order valence-electron chi connectivity index (χ4n) is 1.34. The van der Waals surface area contributed by atoms with Gasteiger partial charge in [-0.05, 0) is 35.9 Å². The molecule has 0 bridgehead atoms. The molecule has 0 fully saturated rings. The van der Waals surface area contributed by atoms with Crippen LogP contribution in [0.25, 0.3) is 11.1 Å². The van der Waals surface area contributed by atoms with Crippen LogP contribution >= 0.6 is 11.6 Å². The van der Waals surface area contributed by atoms with E-state index in [4.69, 9.17) is 17.3 Å². The smallest absolute Gasteiger partial charge is 0.124 e. The van der Waals surface area contributed by atoms with Gasteiger partial charge in [0.2, 0.25) is 0 Å². The molecule has 0 saturated carbocycles. The first-order chi connectivity index (χ1) is 7.16. The molecule has 4 heteroatoms. The molecule has 76 valence electrons. The summed E-state index contributed by atoms with van der Waals surface area (Å²) in [6, 6.07) is 7.71. The van der Waals surface area contributed by atoms with Crippen LogP contribution in [0.5, 0.6) is 0 Å². The second-order valence-electron chi connectivity index (χ2n) is 3.09. The molecule has 0 amide bonds. The zero-order chi connectivity index (χ0) is 10.8. The molecule has 2 N–H and O–H groups in total. The number of nitrogens with two attached hydrogens (primary N) is 1. The zero-order valence-corrected chi connectivity index (χ0v) is 8.50. The van der Waals surface area contributed by atoms with Gasteiger partial charge in [-0.15, -0.1) is 0 Å². The molecule has 0 radical (unpaired) electrons. The lowest BCUT2D eigenvalue weighted by molar-refractivity contribution is 0.628. The van der Waals surface area contributed by atoms with E-state index in [2.05, 4.69) is 4.98 Å². The topological polar surface area (TPSA) is 38.9 Å². The molecule has 0 unspecified atom stereocenters. The van der Waals surface area contributed by atoms with Gasteiger partial charge < -0.3 is 5.73 Å². The van der Waals surface area contributed by atoms with Crippen molar-refractivity contribution in [2.75, 3.05) is 5.73 Å². The van der Waals surface area contributed by atoms with Gasteiger partial charge in [-0.25, -0.2) is 9.37 Å². The Bertz CT molecular complexity index is 500. The summed E-state index contributed by atoms with van der Waals surface area (Å²) in [6.07, 6.45) is 1.59. The Morgan fingerprint density at radius 1 is 1.20 bits per heavy atom. The first-order valence-electron chi connectivity index (χ1n) is 4.34. The number of pyridine rings is 1. The van der Waals surface area contributed by atoms with Crippen LogP contribution in [0.3, 0.4) is 0 Å². The van der Waals surface area contributed by atoms with E-state index >= 15 is 0 Å². The SMILES string of the molecule is Nc1cc(-c2ccc(F)cc2Cl)ccn1. The number of hydrogen-bond donors (Lipinski definition) is 1. The molecule has 0 aliphatic heterocycles. The minimum atomic E-state index is -0.356. The molecule has 1 heterocycles. The molecule has 0 aliphatic carbocycles. The molecule has 1 aromatic heterocycles. The summed E-state index contributed by atoms with van der Waals surface area (Å²) in [5.41, 5.74) is 7.12. The second-order valence-corrected chi connectivity index (χ2v) is 3.50. The Kier molecular flexibility index (Phi) is 2.56. The summed E-state index contributed by atoms with van der Waals surface area (Å²) in [5.74, 6) is 0.0543. The number of aromatic nitrogens is 1. The highest BCUT2D eigenvalue weighted by Gasteiger charge is 2.04. The number of hydrogen-bond acceptors (Lipinski definition) is 2. The van der Waals surface area contributed by atoms with Crippen molar-refractivity contribution < 1.29 is 4.39 Å². The highest BCUT2D eigenvalue weighted by atomic mass is 35.5. The van der Waals surface area contributed by atoms with E-state index in [0.717, 1.165) is 11.1 Å². The van der Waals surface area contributed by atoms with Gasteiger partial charge in [0.25, 0.3) is 0 Å². The molecule has 0 saturated heterocycles. The first kappa shape index (κ1) is 9.93. The van der Waals surface area contributed by atoms with Crippen molar-refractivity contribution in [1.29, 1.82) is 0 Å². The standard InChI is InChI=1S/C11H8ClFN2/c12-10-6-8(13)1-2-9(10)7-3-4-15-11(14)5-7/h1-6H,(H2,14,15). The van der Waals surface area contributed by atoms with Crippen molar-refractivity contribution in [1.82, 2.24) is 4.98 Å². The fourth-order valence-corrected chi connectivity index (χ4v) is 1.62. The van der Waals surface area contributed by atoms with Crippen molar-refractivity contribution in [3.8, 4) is 11.1 Å². The quantitative estimate of drug-likeness (QED) is 0.805. The maximum atomic E-state index is 12.8. The molecule has 15 heavy (non-hydrogen) atoms. The van der Waals surface area contributed by atoms with E-state index < -0.39 is 0 Å². The van der Waals surface area contributed by atoms with E-state index in [1.807, 2.05) is 0 Å². The maximum Gasteiger partial charge on any atom is 0.124 e. The van der Waals surface area contributed by atoms with Crippen LogP contribution in [-0.2, 0) is 0 Å². The van der Waals surface area contributed by atoms with Crippen molar-refractivity contribution in [2.24, 2.45) is 0 Å². The number of halogens is 2. The number of anilines is 1. The highest BCUT2D eigenvalue weighted by molar-refractivity contribution is 6.33. The molecular weight excluding hydrogens is 215 g/mol. The normalized spacial score (nSPS) is 10.3. The molecule has 2 rings (SSSR count). The lowest BCUT2D eigenvalue weighted by atomic mass is 10.1. The molecule has 0 atom stereocenters. The average molecular weight is 223 g/mol. The number of rotatable bonds is 1. The monoisotopic (exact) mass is 222 g/mol. The highest BCUT2D eigenvalue weighted by Crippen LogP contribution is 2.28. The zero-order valence-electron chi connectivity index (χ0n) is 7.74. The Hall–Kier alpha value is -1.61. The Labute approximate surface area is 91.5 Å². The van der Waals surface area contributed by atoms with E-state index in [1.54, 1.807) is 24.4 Å². The Balaban J connectivity index is 2.54. The van der Waals surface area contributed by atoms with Crippen molar-refractivity contribution in [3.63, 3.8) is 0 Å². The van der Waals surface area contributed by atoms with E-state index in [1.165, 1.54) is 12.1 Å². The summed E-state index contributed by atoms with van der Waals surface area (Å²) < 4.78 is 12.8. The van der Waals surface area contributed by atoms with E-state index in [-0.39, 0.29) is 5.82 Å². The number of nitrogen functional groups attached to an aromatic ring is 1. The van der Waals surface area contributed by atoms with Gasteiger partial charge in [0, 0.05) is 11.8 Å².